The van der Waals surface area contributed by atoms with Crippen LogP contribution >= 0.6 is 0 Å². The van der Waals surface area contributed by atoms with Crippen molar-refractivity contribution in [1.82, 2.24) is 0 Å². The first-order valence-electron chi connectivity index (χ1n) is 6.55. The second-order valence-corrected chi connectivity index (χ2v) is 5.46. The van der Waals surface area contributed by atoms with E-state index in [1.54, 1.807) is 20.8 Å². The van der Waals surface area contributed by atoms with E-state index in [1.165, 1.54) is 13.8 Å². The highest BCUT2D eigenvalue weighted by Crippen LogP contribution is 2.38. The first kappa shape index (κ1) is 15.2. The lowest BCUT2D eigenvalue weighted by atomic mass is 9.99. The molecule has 114 valence electrons. The number of fused-ring (bicyclic) bond motifs is 1. The summed E-state index contributed by atoms with van der Waals surface area (Å²) in [7, 11) is 0. The fourth-order valence-electron chi connectivity index (χ4n) is 2.51. The van der Waals surface area contributed by atoms with E-state index < -0.39 is 48.4 Å². The third-order valence-electron chi connectivity index (χ3n) is 3.15. The van der Waals surface area contributed by atoms with Crippen molar-refractivity contribution in [2.45, 2.75) is 71.1 Å². The molecule has 2 aliphatic rings. The number of rotatable bonds is 2. The minimum absolute atomic E-state index is 0.470. The summed E-state index contributed by atoms with van der Waals surface area (Å²) in [6.07, 6.45) is -3.24. The van der Waals surface area contributed by atoms with Gasteiger partial charge in [0.05, 0.1) is 6.10 Å². The van der Waals surface area contributed by atoms with E-state index >= 15 is 0 Å². The molecule has 0 aromatic rings. The zero-order valence-corrected chi connectivity index (χ0v) is 12.2. The Morgan fingerprint density at radius 2 is 1.55 bits per heavy atom. The number of hydrogen-bond acceptors (Lipinski definition) is 7. The lowest BCUT2D eigenvalue weighted by molar-refractivity contribution is -0.255. The van der Waals surface area contributed by atoms with Gasteiger partial charge in [-0.3, -0.25) is 9.59 Å². The molecule has 2 saturated heterocycles. The summed E-state index contributed by atoms with van der Waals surface area (Å²) in [5, 5.41) is 0. The van der Waals surface area contributed by atoms with Crippen molar-refractivity contribution in [2.75, 3.05) is 0 Å². The van der Waals surface area contributed by atoms with Crippen LogP contribution in [-0.2, 0) is 33.3 Å². The van der Waals surface area contributed by atoms with Crippen LogP contribution in [0.4, 0.5) is 0 Å². The number of hydrogen-bond donors (Lipinski definition) is 0. The maximum Gasteiger partial charge on any atom is 0.303 e. The second-order valence-electron chi connectivity index (χ2n) is 5.46. The number of carbonyl (C=O) groups excluding carboxylic acids is 2. The quantitative estimate of drug-likeness (QED) is 0.693. The van der Waals surface area contributed by atoms with Gasteiger partial charge in [-0.25, -0.2) is 0 Å². The van der Waals surface area contributed by atoms with Gasteiger partial charge in [-0.15, -0.1) is 0 Å². The van der Waals surface area contributed by atoms with E-state index in [2.05, 4.69) is 0 Å². The molecule has 20 heavy (non-hydrogen) atoms. The third kappa shape index (κ3) is 3.11. The minimum Gasteiger partial charge on any atom is -0.456 e. The maximum atomic E-state index is 11.3. The van der Waals surface area contributed by atoms with Crippen molar-refractivity contribution in [2.24, 2.45) is 0 Å². The third-order valence-corrected chi connectivity index (χ3v) is 3.15. The average molecular weight is 288 g/mol. The first-order chi connectivity index (χ1) is 9.19. The Morgan fingerprint density at radius 3 is 2.10 bits per heavy atom. The van der Waals surface area contributed by atoms with Crippen molar-refractivity contribution in [3.63, 3.8) is 0 Å². The van der Waals surface area contributed by atoms with E-state index in [0.29, 0.717) is 0 Å². The highest BCUT2D eigenvalue weighted by molar-refractivity contribution is 5.67. The predicted octanol–water partition coefficient (Wildman–Crippen LogP) is 0.746. The van der Waals surface area contributed by atoms with Crippen molar-refractivity contribution in [1.29, 1.82) is 0 Å². The predicted molar refractivity (Wildman–Crippen MR) is 65.5 cm³/mol. The number of esters is 2. The van der Waals surface area contributed by atoms with E-state index in [1.807, 2.05) is 0 Å². The van der Waals surface area contributed by atoms with Crippen molar-refractivity contribution < 1.29 is 33.3 Å². The molecule has 0 saturated carbocycles. The molecule has 2 aliphatic heterocycles. The Kier molecular flexibility index (Phi) is 4.04. The molecule has 0 N–H and O–H groups in total. The molecular formula is C13H20O7. The maximum absolute atomic E-state index is 11.3. The average Bonchev–Trinajstić information content (AvgIpc) is 2.56. The van der Waals surface area contributed by atoms with Crippen LogP contribution in [0.1, 0.15) is 34.6 Å². The van der Waals surface area contributed by atoms with Crippen LogP contribution in [0.5, 0.6) is 0 Å². The molecule has 2 heterocycles. The van der Waals surface area contributed by atoms with Crippen LogP contribution in [-0.4, -0.2) is 48.4 Å². The Balaban J connectivity index is 2.24. The zero-order chi connectivity index (χ0) is 15.1. The van der Waals surface area contributed by atoms with Gasteiger partial charge < -0.3 is 23.7 Å². The van der Waals surface area contributed by atoms with Crippen LogP contribution < -0.4 is 0 Å². The van der Waals surface area contributed by atoms with Gasteiger partial charge in [0, 0.05) is 13.8 Å². The summed E-state index contributed by atoms with van der Waals surface area (Å²) in [6.45, 7) is 7.80. The van der Waals surface area contributed by atoms with Crippen molar-refractivity contribution in [3.8, 4) is 0 Å². The second kappa shape index (κ2) is 5.31. The Morgan fingerprint density at radius 1 is 1.00 bits per heavy atom. The topological polar surface area (TPSA) is 80.3 Å². The largest absolute Gasteiger partial charge is 0.456 e. The van der Waals surface area contributed by atoms with Crippen LogP contribution in [0.3, 0.4) is 0 Å². The summed E-state index contributed by atoms with van der Waals surface area (Å²) in [5.41, 5.74) is 0. The van der Waals surface area contributed by atoms with Crippen LogP contribution in [0.15, 0.2) is 0 Å². The van der Waals surface area contributed by atoms with E-state index in [4.69, 9.17) is 23.7 Å². The molecule has 0 bridgehead atoms. The number of ether oxygens (including phenoxy) is 5. The van der Waals surface area contributed by atoms with Gasteiger partial charge in [0.25, 0.3) is 0 Å². The van der Waals surface area contributed by atoms with E-state index in [9.17, 15) is 9.59 Å². The summed E-state index contributed by atoms with van der Waals surface area (Å²) in [6, 6.07) is 0. The Labute approximate surface area is 117 Å². The monoisotopic (exact) mass is 288 g/mol. The van der Waals surface area contributed by atoms with E-state index in [-0.39, 0.29) is 0 Å². The first-order valence-corrected chi connectivity index (χ1v) is 6.55. The lowest BCUT2D eigenvalue weighted by Gasteiger charge is -2.39. The van der Waals surface area contributed by atoms with Crippen molar-refractivity contribution in [3.05, 3.63) is 0 Å². The fraction of sp³-hybridized carbons (Fsp3) is 0.846. The SMILES string of the molecule is CC(=O)OC1[C@@H](OC(C)=O)C(C)O[C@@H]2OC(C)(C)O[C@@H]12. The lowest BCUT2D eigenvalue weighted by Crippen LogP contribution is -2.58. The minimum atomic E-state index is -0.849. The summed E-state index contributed by atoms with van der Waals surface area (Å²) in [4.78, 5) is 22.5. The summed E-state index contributed by atoms with van der Waals surface area (Å²) in [5.74, 6) is -1.80. The van der Waals surface area contributed by atoms with Gasteiger partial charge in [-0.2, -0.15) is 0 Å². The molecule has 0 aromatic carbocycles. The standard InChI is InChI=1S/C13H20O7/c1-6-9(17-7(2)14)10(18-8(3)15)11-12(16-6)20-13(4,5)19-11/h6,9-12H,1-5H3/t6?,9-,10?,11-,12+/m0/s1. The van der Waals surface area contributed by atoms with Gasteiger partial charge in [0.1, 0.15) is 0 Å². The molecule has 2 fully saturated rings. The van der Waals surface area contributed by atoms with Gasteiger partial charge >= 0.3 is 11.9 Å². The molecule has 2 unspecified atom stereocenters. The fourth-order valence-corrected chi connectivity index (χ4v) is 2.51. The Bertz CT molecular complexity index is 406. The molecule has 0 aromatic heterocycles. The molecule has 2 rings (SSSR count). The summed E-state index contributed by atoms with van der Waals surface area (Å²) >= 11 is 0. The van der Waals surface area contributed by atoms with Gasteiger partial charge in [-0.05, 0) is 20.8 Å². The normalized spacial score (nSPS) is 39.0. The Hall–Kier alpha value is -1.18. The molecule has 0 spiro atoms. The molecule has 0 radical (unpaired) electrons. The van der Waals surface area contributed by atoms with Crippen LogP contribution in [0, 0.1) is 0 Å². The van der Waals surface area contributed by atoms with Gasteiger partial charge in [0.15, 0.2) is 30.4 Å². The van der Waals surface area contributed by atoms with E-state index in [0.717, 1.165) is 0 Å². The molecular weight excluding hydrogens is 268 g/mol. The number of carbonyl (C=O) groups is 2. The molecule has 0 aliphatic carbocycles. The van der Waals surface area contributed by atoms with Crippen LogP contribution in [0.25, 0.3) is 0 Å². The summed E-state index contributed by atoms with van der Waals surface area (Å²) < 4.78 is 27.5. The molecule has 7 nitrogen and oxygen atoms in total. The van der Waals surface area contributed by atoms with Crippen LogP contribution in [0.2, 0.25) is 0 Å². The van der Waals surface area contributed by atoms with Gasteiger partial charge in [0.2, 0.25) is 0 Å². The highest BCUT2D eigenvalue weighted by atomic mass is 16.8. The molecule has 0 amide bonds. The highest BCUT2D eigenvalue weighted by Gasteiger charge is 2.56. The van der Waals surface area contributed by atoms with Gasteiger partial charge in [-0.1, -0.05) is 0 Å². The zero-order valence-electron chi connectivity index (χ0n) is 12.2. The smallest absolute Gasteiger partial charge is 0.303 e. The molecule has 5 atom stereocenters. The van der Waals surface area contributed by atoms with Crippen molar-refractivity contribution >= 4 is 11.9 Å². The molecule has 7 heteroatoms.